The Bertz CT molecular complexity index is 417. The third kappa shape index (κ3) is 2.67. The zero-order valence-electron chi connectivity index (χ0n) is 11.3. The molecule has 0 aromatic carbocycles. The van der Waals surface area contributed by atoms with Crippen LogP contribution in [0, 0.1) is 5.92 Å². The summed E-state index contributed by atoms with van der Waals surface area (Å²) >= 11 is 0. The quantitative estimate of drug-likeness (QED) is 0.687. The number of rotatable bonds is 6. The van der Waals surface area contributed by atoms with Crippen molar-refractivity contribution in [1.82, 2.24) is 9.62 Å². The van der Waals surface area contributed by atoms with Gasteiger partial charge in [-0.05, 0) is 26.3 Å². The zero-order chi connectivity index (χ0) is 14.1. The Hall–Kier alpha value is -0.660. The summed E-state index contributed by atoms with van der Waals surface area (Å²) in [6.07, 6.45) is -0.876. The van der Waals surface area contributed by atoms with Crippen molar-refractivity contribution in [3.63, 3.8) is 0 Å². The third-order valence-corrected chi connectivity index (χ3v) is 5.35. The standard InChI is InChI=1S/C11H22N2O4S/c1-8(2)5-12-6-9(14)7-13-10(15)11(3,4)18(13,16)17/h8-9,12,14H,5-7H2,1-4H3. The molecule has 0 saturated carbocycles. The number of hydrogen-bond donors (Lipinski definition) is 2. The molecule has 18 heavy (non-hydrogen) atoms. The number of nitrogens with zero attached hydrogens (tertiary/aromatic N) is 1. The van der Waals surface area contributed by atoms with Crippen LogP contribution in [-0.2, 0) is 14.8 Å². The Morgan fingerprint density at radius 3 is 2.33 bits per heavy atom. The summed E-state index contributed by atoms with van der Waals surface area (Å²) in [6, 6.07) is 0. The molecule has 1 aliphatic heterocycles. The lowest BCUT2D eigenvalue weighted by Gasteiger charge is -2.43. The summed E-state index contributed by atoms with van der Waals surface area (Å²) in [4.78, 5) is 11.6. The molecule has 1 unspecified atom stereocenters. The maximum absolute atomic E-state index is 11.8. The van der Waals surface area contributed by atoms with Gasteiger partial charge in [0.05, 0.1) is 12.6 Å². The van der Waals surface area contributed by atoms with Crippen molar-refractivity contribution in [1.29, 1.82) is 0 Å². The minimum atomic E-state index is -3.59. The van der Waals surface area contributed by atoms with Gasteiger partial charge < -0.3 is 10.4 Å². The van der Waals surface area contributed by atoms with Crippen LogP contribution in [0.5, 0.6) is 0 Å². The van der Waals surface area contributed by atoms with Gasteiger partial charge in [-0.2, -0.15) is 0 Å². The highest BCUT2D eigenvalue weighted by atomic mass is 32.2. The van der Waals surface area contributed by atoms with E-state index < -0.39 is 26.8 Å². The van der Waals surface area contributed by atoms with Gasteiger partial charge in [-0.15, -0.1) is 0 Å². The molecular formula is C11H22N2O4S. The maximum atomic E-state index is 11.8. The molecular weight excluding hydrogens is 256 g/mol. The number of nitrogens with one attached hydrogen (secondary N) is 1. The Labute approximate surface area is 108 Å². The Morgan fingerprint density at radius 2 is 1.89 bits per heavy atom. The highest BCUT2D eigenvalue weighted by Gasteiger charge is 2.60. The van der Waals surface area contributed by atoms with Crippen LogP contribution >= 0.6 is 0 Å². The van der Waals surface area contributed by atoms with Crippen LogP contribution in [0.3, 0.4) is 0 Å². The number of amides is 1. The second-order valence-electron chi connectivity index (χ2n) is 5.56. The maximum Gasteiger partial charge on any atom is 0.258 e. The van der Waals surface area contributed by atoms with Crippen LogP contribution in [0.15, 0.2) is 0 Å². The molecule has 0 spiro atoms. The molecule has 7 heteroatoms. The normalized spacial score (nSPS) is 23.0. The van der Waals surface area contributed by atoms with E-state index in [1.54, 1.807) is 0 Å². The number of aliphatic hydroxyl groups excluding tert-OH is 1. The molecule has 106 valence electrons. The summed E-state index contributed by atoms with van der Waals surface area (Å²) in [7, 11) is -3.59. The molecule has 0 aromatic heterocycles. The van der Waals surface area contributed by atoms with Crippen LogP contribution in [0.2, 0.25) is 0 Å². The highest BCUT2D eigenvalue weighted by molar-refractivity contribution is 7.94. The van der Waals surface area contributed by atoms with E-state index in [2.05, 4.69) is 5.32 Å². The first-order valence-electron chi connectivity index (χ1n) is 6.06. The molecule has 1 atom stereocenters. The summed E-state index contributed by atoms with van der Waals surface area (Å²) < 4.78 is 23.0. The lowest BCUT2D eigenvalue weighted by Crippen LogP contribution is -2.68. The summed E-state index contributed by atoms with van der Waals surface area (Å²) in [5, 5.41) is 12.7. The van der Waals surface area contributed by atoms with Crippen molar-refractivity contribution < 1.29 is 18.3 Å². The van der Waals surface area contributed by atoms with E-state index in [1.165, 1.54) is 13.8 Å². The van der Waals surface area contributed by atoms with E-state index in [0.717, 1.165) is 10.8 Å². The average Bonchev–Trinajstić information content (AvgIpc) is 2.24. The predicted octanol–water partition coefficient (Wildman–Crippen LogP) is -0.456. The fourth-order valence-electron chi connectivity index (χ4n) is 1.73. The molecule has 1 rings (SSSR count). The fourth-order valence-corrected chi connectivity index (χ4v) is 3.30. The first-order valence-corrected chi connectivity index (χ1v) is 7.50. The Kier molecular flexibility index (Phi) is 4.40. The number of β-amino-alcohol motifs (C(OH)–C–C–N with tert-alkyl or cyclic N) is 1. The third-order valence-electron chi connectivity index (χ3n) is 2.99. The molecule has 0 bridgehead atoms. The number of hydrogen-bond acceptors (Lipinski definition) is 5. The van der Waals surface area contributed by atoms with E-state index in [1.807, 2.05) is 13.8 Å². The molecule has 2 N–H and O–H groups in total. The largest absolute Gasteiger partial charge is 0.390 e. The van der Waals surface area contributed by atoms with E-state index in [-0.39, 0.29) is 13.1 Å². The van der Waals surface area contributed by atoms with Gasteiger partial charge in [-0.25, -0.2) is 12.7 Å². The topological polar surface area (TPSA) is 86.7 Å². The van der Waals surface area contributed by atoms with Crippen molar-refractivity contribution in [3.8, 4) is 0 Å². The zero-order valence-corrected chi connectivity index (χ0v) is 12.1. The van der Waals surface area contributed by atoms with Gasteiger partial charge in [0, 0.05) is 6.54 Å². The van der Waals surface area contributed by atoms with E-state index in [4.69, 9.17) is 0 Å². The minimum Gasteiger partial charge on any atom is -0.390 e. The molecule has 1 fully saturated rings. The Morgan fingerprint density at radius 1 is 1.33 bits per heavy atom. The molecule has 0 radical (unpaired) electrons. The molecule has 1 saturated heterocycles. The molecule has 1 aliphatic rings. The average molecular weight is 278 g/mol. The number of sulfonamides is 1. The van der Waals surface area contributed by atoms with Gasteiger partial charge in [0.1, 0.15) is 0 Å². The summed E-state index contributed by atoms with van der Waals surface area (Å²) in [5.74, 6) is -0.00378. The van der Waals surface area contributed by atoms with Gasteiger partial charge in [0.15, 0.2) is 4.75 Å². The monoisotopic (exact) mass is 278 g/mol. The lowest BCUT2D eigenvalue weighted by molar-refractivity contribution is -0.133. The second-order valence-corrected chi connectivity index (χ2v) is 7.97. The number of carbonyl (C=O) groups excluding carboxylic acids is 1. The van der Waals surface area contributed by atoms with Crippen LogP contribution < -0.4 is 5.32 Å². The molecule has 0 aromatic rings. The van der Waals surface area contributed by atoms with Crippen LogP contribution in [0.4, 0.5) is 0 Å². The first-order chi connectivity index (χ1) is 8.10. The molecule has 1 amide bonds. The van der Waals surface area contributed by atoms with Crippen molar-refractivity contribution >= 4 is 15.9 Å². The van der Waals surface area contributed by atoms with E-state index >= 15 is 0 Å². The van der Waals surface area contributed by atoms with Crippen LogP contribution in [-0.4, -0.2) is 54.2 Å². The van der Waals surface area contributed by atoms with E-state index in [0.29, 0.717) is 5.92 Å². The predicted molar refractivity (Wildman–Crippen MR) is 68.4 cm³/mol. The lowest BCUT2D eigenvalue weighted by atomic mass is 10.1. The van der Waals surface area contributed by atoms with Gasteiger partial charge in [-0.1, -0.05) is 13.8 Å². The van der Waals surface area contributed by atoms with Crippen molar-refractivity contribution in [2.45, 2.75) is 38.5 Å². The van der Waals surface area contributed by atoms with Crippen molar-refractivity contribution in [2.24, 2.45) is 5.92 Å². The van der Waals surface area contributed by atoms with Crippen LogP contribution in [0.1, 0.15) is 27.7 Å². The number of aliphatic hydroxyl groups is 1. The first kappa shape index (κ1) is 15.4. The van der Waals surface area contributed by atoms with Gasteiger partial charge >= 0.3 is 0 Å². The van der Waals surface area contributed by atoms with Crippen LogP contribution in [0.25, 0.3) is 0 Å². The molecule has 1 heterocycles. The van der Waals surface area contributed by atoms with E-state index in [9.17, 15) is 18.3 Å². The Balaban J connectivity index is 2.47. The highest BCUT2D eigenvalue weighted by Crippen LogP contribution is 2.34. The summed E-state index contributed by atoms with van der Waals surface area (Å²) in [5.41, 5.74) is 0. The minimum absolute atomic E-state index is 0.171. The SMILES string of the molecule is CC(C)CNCC(O)CN1C(=O)C(C)(C)S1(=O)=O. The molecule has 6 nitrogen and oxygen atoms in total. The van der Waals surface area contributed by atoms with Gasteiger partial charge in [0.25, 0.3) is 15.9 Å². The second kappa shape index (κ2) is 5.14. The smallest absolute Gasteiger partial charge is 0.258 e. The van der Waals surface area contributed by atoms with Gasteiger partial charge in [-0.3, -0.25) is 4.79 Å². The van der Waals surface area contributed by atoms with Gasteiger partial charge in [0.2, 0.25) is 0 Å². The number of carbonyl (C=O) groups is 1. The summed E-state index contributed by atoms with van der Waals surface area (Å²) in [6.45, 7) is 7.67. The van der Waals surface area contributed by atoms with Crippen molar-refractivity contribution in [2.75, 3.05) is 19.6 Å². The van der Waals surface area contributed by atoms with Crippen molar-refractivity contribution in [3.05, 3.63) is 0 Å². The fraction of sp³-hybridized carbons (Fsp3) is 0.909. The molecule has 0 aliphatic carbocycles.